The zero-order chi connectivity index (χ0) is 19.3. The molecule has 4 aromatic heterocycles. The highest BCUT2D eigenvalue weighted by Gasteiger charge is 2.22. The predicted octanol–water partition coefficient (Wildman–Crippen LogP) is 3.14. The van der Waals surface area contributed by atoms with Crippen molar-refractivity contribution in [2.75, 3.05) is 5.32 Å². The van der Waals surface area contributed by atoms with E-state index < -0.39 is 0 Å². The van der Waals surface area contributed by atoms with Crippen LogP contribution in [0.5, 0.6) is 0 Å². The first kappa shape index (κ1) is 17.0. The van der Waals surface area contributed by atoms with E-state index in [1.165, 1.54) is 0 Å². The number of anilines is 1. The van der Waals surface area contributed by atoms with Gasteiger partial charge in [0.15, 0.2) is 11.4 Å². The molecule has 4 heterocycles. The summed E-state index contributed by atoms with van der Waals surface area (Å²) < 4.78 is 8.89. The molecule has 0 fully saturated rings. The lowest BCUT2D eigenvalue weighted by Crippen LogP contribution is -2.14. The van der Waals surface area contributed by atoms with Crippen molar-refractivity contribution in [1.82, 2.24) is 24.5 Å². The molecule has 138 valence electrons. The number of aryl methyl sites for hydroxylation is 4. The maximum Gasteiger partial charge on any atom is 0.256 e. The SMILES string of the molecule is Cc1nn(C)c(C)c1NC(=O)c1cc(-c2ccco2)nc2c1c(C)nn2C. The Labute approximate surface area is 155 Å². The van der Waals surface area contributed by atoms with Crippen LogP contribution in [0, 0.1) is 20.8 Å². The van der Waals surface area contributed by atoms with Crippen LogP contribution in [0.25, 0.3) is 22.5 Å². The van der Waals surface area contributed by atoms with Crippen LogP contribution in [0.3, 0.4) is 0 Å². The van der Waals surface area contributed by atoms with Gasteiger partial charge in [-0.1, -0.05) is 0 Å². The Morgan fingerprint density at radius 1 is 1.11 bits per heavy atom. The standard InChI is InChI=1S/C19H20N6O2/c1-10-16-13(19(26)21-17-11(2)23-24(4)12(17)3)9-14(15-7-6-8-27-15)20-18(16)25(5)22-10/h6-9H,1-5H3,(H,21,26). The quantitative estimate of drug-likeness (QED) is 0.603. The molecule has 0 saturated carbocycles. The Hall–Kier alpha value is -3.42. The molecule has 27 heavy (non-hydrogen) atoms. The Balaban J connectivity index is 1.88. The fourth-order valence-corrected chi connectivity index (χ4v) is 3.31. The molecule has 4 aromatic rings. The number of fused-ring (bicyclic) bond motifs is 1. The van der Waals surface area contributed by atoms with Crippen LogP contribution in [-0.4, -0.2) is 30.5 Å². The largest absolute Gasteiger partial charge is 0.463 e. The molecule has 0 aliphatic heterocycles. The topological polar surface area (TPSA) is 90.8 Å². The van der Waals surface area contributed by atoms with E-state index in [2.05, 4.69) is 20.5 Å². The van der Waals surface area contributed by atoms with E-state index in [1.807, 2.05) is 40.9 Å². The molecule has 0 bridgehead atoms. The van der Waals surface area contributed by atoms with E-state index in [0.29, 0.717) is 28.4 Å². The van der Waals surface area contributed by atoms with Crippen molar-refractivity contribution in [3.8, 4) is 11.5 Å². The lowest BCUT2D eigenvalue weighted by atomic mass is 10.1. The van der Waals surface area contributed by atoms with Crippen LogP contribution < -0.4 is 5.32 Å². The van der Waals surface area contributed by atoms with Crippen molar-refractivity contribution < 1.29 is 9.21 Å². The highest BCUT2D eigenvalue weighted by molar-refractivity contribution is 6.13. The number of amides is 1. The number of nitrogens with one attached hydrogen (secondary N) is 1. The van der Waals surface area contributed by atoms with Crippen LogP contribution >= 0.6 is 0 Å². The van der Waals surface area contributed by atoms with Crippen LogP contribution in [-0.2, 0) is 14.1 Å². The molecule has 8 nitrogen and oxygen atoms in total. The minimum atomic E-state index is -0.231. The number of rotatable bonds is 3. The predicted molar refractivity (Wildman–Crippen MR) is 102 cm³/mol. The number of furan rings is 1. The van der Waals surface area contributed by atoms with Crippen molar-refractivity contribution in [2.24, 2.45) is 14.1 Å². The molecule has 8 heteroatoms. The molecule has 0 aliphatic carbocycles. The molecular formula is C19H20N6O2. The molecule has 0 saturated heterocycles. The number of pyridine rings is 1. The lowest BCUT2D eigenvalue weighted by Gasteiger charge is -2.09. The number of carbonyl (C=O) groups is 1. The van der Waals surface area contributed by atoms with E-state index in [4.69, 9.17) is 4.42 Å². The highest BCUT2D eigenvalue weighted by atomic mass is 16.3. The lowest BCUT2D eigenvalue weighted by molar-refractivity contribution is 0.102. The normalized spacial score (nSPS) is 11.3. The fraction of sp³-hybridized carbons (Fsp3) is 0.263. The van der Waals surface area contributed by atoms with E-state index in [0.717, 1.165) is 22.5 Å². The Bertz CT molecular complexity index is 1170. The average Bonchev–Trinajstić information content (AvgIpc) is 3.32. The average molecular weight is 364 g/mol. The van der Waals surface area contributed by atoms with Crippen LogP contribution in [0.2, 0.25) is 0 Å². The van der Waals surface area contributed by atoms with Gasteiger partial charge in [-0.3, -0.25) is 14.2 Å². The molecule has 0 aromatic carbocycles. The summed E-state index contributed by atoms with van der Waals surface area (Å²) in [5.74, 6) is 0.365. The van der Waals surface area contributed by atoms with Crippen molar-refractivity contribution in [3.63, 3.8) is 0 Å². The van der Waals surface area contributed by atoms with Crippen LogP contribution in [0.4, 0.5) is 5.69 Å². The zero-order valence-corrected chi connectivity index (χ0v) is 15.9. The second-order valence-electron chi connectivity index (χ2n) is 6.56. The van der Waals surface area contributed by atoms with Crippen LogP contribution in [0.1, 0.15) is 27.4 Å². The van der Waals surface area contributed by atoms with Gasteiger partial charge in [0.05, 0.1) is 40.0 Å². The van der Waals surface area contributed by atoms with Gasteiger partial charge in [-0.2, -0.15) is 10.2 Å². The van der Waals surface area contributed by atoms with Crippen LogP contribution in [0.15, 0.2) is 28.9 Å². The third-order valence-corrected chi connectivity index (χ3v) is 4.73. The molecular weight excluding hydrogens is 344 g/mol. The number of carbonyl (C=O) groups excluding carboxylic acids is 1. The summed E-state index contributed by atoms with van der Waals surface area (Å²) in [5.41, 5.74) is 4.83. The maximum atomic E-state index is 13.2. The summed E-state index contributed by atoms with van der Waals surface area (Å²) in [7, 11) is 3.66. The van der Waals surface area contributed by atoms with E-state index in [9.17, 15) is 4.79 Å². The minimum absolute atomic E-state index is 0.231. The van der Waals surface area contributed by atoms with E-state index in [-0.39, 0.29) is 5.91 Å². The summed E-state index contributed by atoms with van der Waals surface area (Å²) in [6.07, 6.45) is 1.58. The molecule has 0 spiro atoms. The molecule has 1 N–H and O–H groups in total. The van der Waals surface area contributed by atoms with Gasteiger partial charge in [0, 0.05) is 14.1 Å². The summed E-state index contributed by atoms with van der Waals surface area (Å²) in [5, 5.41) is 12.5. The van der Waals surface area contributed by atoms with Gasteiger partial charge in [0.25, 0.3) is 5.91 Å². The van der Waals surface area contributed by atoms with Gasteiger partial charge in [0.2, 0.25) is 0 Å². The first-order valence-corrected chi connectivity index (χ1v) is 8.56. The van der Waals surface area contributed by atoms with E-state index >= 15 is 0 Å². The van der Waals surface area contributed by atoms with Gasteiger partial charge in [0.1, 0.15) is 5.69 Å². The smallest absolute Gasteiger partial charge is 0.256 e. The minimum Gasteiger partial charge on any atom is -0.463 e. The zero-order valence-electron chi connectivity index (χ0n) is 15.9. The summed E-state index contributed by atoms with van der Waals surface area (Å²) in [4.78, 5) is 17.8. The molecule has 0 atom stereocenters. The first-order chi connectivity index (χ1) is 12.9. The third-order valence-electron chi connectivity index (χ3n) is 4.73. The highest BCUT2D eigenvalue weighted by Crippen LogP contribution is 2.28. The summed E-state index contributed by atoms with van der Waals surface area (Å²) >= 11 is 0. The van der Waals surface area contributed by atoms with Gasteiger partial charge in [-0.15, -0.1) is 0 Å². The van der Waals surface area contributed by atoms with Crippen molar-refractivity contribution in [2.45, 2.75) is 20.8 Å². The number of aromatic nitrogens is 5. The number of nitrogens with zero attached hydrogens (tertiary/aromatic N) is 5. The van der Waals surface area contributed by atoms with Gasteiger partial charge in [-0.05, 0) is 39.0 Å². The second-order valence-corrected chi connectivity index (χ2v) is 6.56. The molecule has 0 unspecified atom stereocenters. The van der Waals surface area contributed by atoms with Gasteiger partial charge < -0.3 is 9.73 Å². The Kier molecular flexibility index (Phi) is 3.83. The second kappa shape index (κ2) is 6.08. The monoisotopic (exact) mass is 364 g/mol. The Morgan fingerprint density at radius 3 is 2.48 bits per heavy atom. The summed E-state index contributed by atoms with van der Waals surface area (Å²) in [6.45, 7) is 5.66. The summed E-state index contributed by atoms with van der Waals surface area (Å²) in [6, 6.07) is 5.35. The molecule has 1 amide bonds. The van der Waals surface area contributed by atoms with E-state index in [1.54, 1.807) is 27.8 Å². The third kappa shape index (κ3) is 2.69. The van der Waals surface area contributed by atoms with Crippen molar-refractivity contribution in [1.29, 1.82) is 0 Å². The van der Waals surface area contributed by atoms with Gasteiger partial charge >= 0.3 is 0 Å². The molecule has 0 radical (unpaired) electrons. The number of hydrogen-bond acceptors (Lipinski definition) is 5. The van der Waals surface area contributed by atoms with Crippen molar-refractivity contribution in [3.05, 3.63) is 47.1 Å². The maximum absolute atomic E-state index is 13.2. The molecule has 4 rings (SSSR count). The fourth-order valence-electron chi connectivity index (χ4n) is 3.31. The number of hydrogen-bond donors (Lipinski definition) is 1. The Morgan fingerprint density at radius 2 is 1.85 bits per heavy atom. The first-order valence-electron chi connectivity index (χ1n) is 8.56. The van der Waals surface area contributed by atoms with Gasteiger partial charge in [-0.25, -0.2) is 4.98 Å². The molecule has 0 aliphatic rings. The van der Waals surface area contributed by atoms with Crippen molar-refractivity contribution >= 4 is 22.6 Å².